The molecule has 1 saturated heterocycles. The number of fused-ring (bicyclic) bond motifs is 1. The molecule has 1 aliphatic heterocycles. The Morgan fingerprint density at radius 1 is 1.36 bits per heavy atom. The second-order valence-corrected chi connectivity index (χ2v) is 6.38. The fraction of sp³-hybridized carbons (Fsp3) is 0.375. The maximum atomic E-state index is 12.7. The van der Waals surface area contributed by atoms with Crippen LogP contribution >= 0.6 is 0 Å². The van der Waals surface area contributed by atoms with Crippen LogP contribution in [0, 0.1) is 10.1 Å². The van der Waals surface area contributed by atoms with Gasteiger partial charge in [-0.05, 0) is 0 Å². The van der Waals surface area contributed by atoms with Gasteiger partial charge < -0.3 is 14.9 Å². The first-order valence-corrected chi connectivity index (χ1v) is 8.46. The molecule has 0 saturated carbocycles. The minimum atomic E-state index is -0.848. The zero-order valence-corrected chi connectivity index (χ0v) is 14.5. The Bertz CT molecular complexity index is 1090. The summed E-state index contributed by atoms with van der Waals surface area (Å²) in [5.74, 6) is 0. The van der Waals surface area contributed by atoms with Gasteiger partial charge in [-0.2, -0.15) is 0 Å². The third-order valence-electron chi connectivity index (χ3n) is 4.65. The molecule has 0 aliphatic carbocycles. The Morgan fingerprint density at radius 3 is 2.86 bits per heavy atom. The topological polar surface area (TPSA) is 158 Å². The standard InChI is InChI=1S/C16H16N6O6/c23-7-12-11(24)5-13(28-12)20-8-17-14-15(20)18-19-21(16(14)25)6-9-3-1-2-4-10(9)22(26)27/h1-4,8,11-13,23-24H,5-7H2/t11-,12+,13+/m0/s1. The van der Waals surface area contributed by atoms with E-state index in [2.05, 4.69) is 15.3 Å². The molecule has 3 aromatic rings. The minimum absolute atomic E-state index is 0.0270. The van der Waals surface area contributed by atoms with Crippen molar-refractivity contribution in [2.45, 2.75) is 31.4 Å². The van der Waals surface area contributed by atoms with Crippen LogP contribution in [0.1, 0.15) is 18.2 Å². The lowest BCUT2D eigenvalue weighted by atomic mass is 10.2. The van der Waals surface area contributed by atoms with E-state index in [1.54, 1.807) is 6.07 Å². The van der Waals surface area contributed by atoms with Crippen molar-refractivity contribution in [3.05, 3.63) is 56.6 Å². The molecule has 0 bridgehead atoms. The fourth-order valence-corrected chi connectivity index (χ4v) is 3.21. The van der Waals surface area contributed by atoms with E-state index in [1.807, 2.05) is 0 Å². The average molecular weight is 388 g/mol. The molecule has 28 heavy (non-hydrogen) atoms. The molecule has 12 nitrogen and oxygen atoms in total. The average Bonchev–Trinajstić information content (AvgIpc) is 3.27. The number of aliphatic hydroxyl groups excluding tert-OH is 2. The van der Waals surface area contributed by atoms with Crippen molar-refractivity contribution in [2.75, 3.05) is 6.61 Å². The predicted molar refractivity (Wildman–Crippen MR) is 93.4 cm³/mol. The van der Waals surface area contributed by atoms with Crippen molar-refractivity contribution in [1.82, 2.24) is 24.5 Å². The summed E-state index contributed by atoms with van der Waals surface area (Å²) in [6.45, 7) is -0.463. The van der Waals surface area contributed by atoms with E-state index in [0.717, 1.165) is 4.68 Å². The molecule has 1 aromatic carbocycles. The van der Waals surface area contributed by atoms with Gasteiger partial charge >= 0.3 is 0 Å². The van der Waals surface area contributed by atoms with Crippen LogP contribution in [0.3, 0.4) is 0 Å². The van der Waals surface area contributed by atoms with Crippen LogP contribution in [-0.2, 0) is 11.3 Å². The van der Waals surface area contributed by atoms with E-state index < -0.39 is 28.9 Å². The van der Waals surface area contributed by atoms with Crippen LogP contribution in [0.5, 0.6) is 0 Å². The molecule has 3 atom stereocenters. The van der Waals surface area contributed by atoms with Gasteiger partial charge in [-0.25, -0.2) is 9.67 Å². The highest BCUT2D eigenvalue weighted by atomic mass is 16.6. The van der Waals surface area contributed by atoms with Gasteiger partial charge in [-0.1, -0.05) is 23.4 Å². The highest BCUT2D eigenvalue weighted by molar-refractivity contribution is 5.68. The van der Waals surface area contributed by atoms with Gasteiger partial charge in [0.1, 0.15) is 12.3 Å². The Labute approximate surface area is 156 Å². The van der Waals surface area contributed by atoms with Gasteiger partial charge in [0.25, 0.3) is 11.2 Å². The number of aromatic nitrogens is 5. The van der Waals surface area contributed by atoms with Crippen LogP contribution in [0.4, 0.5) is 5.69 Å². The molecule has 0 radical (unpaired) electrons. The highest BCUT2D eigenvalue weighted by Crippen LogP contribution is 2.30. The van der Waals surface area contributed by atoms with Crippen molar-refractivity contribution in [3.8, 4) is 0 Å². The molecule has 0 amide bonds. The van der Waals surface area contributed by atoms with Crippen LogP contribution in [0.25, 0.3) is 11.2 Å². The molecule has 4 rings (SSSR count). The second kappa shape index (κ2) is 7.07. The molecule has 0 unspecified atom stereocenters. The Balaban J connectivity index is 1.68. The molecular weight excluding hydrogens is 372 g/mol. The van der Waals surface area contributed by atoms with Crippen molar-refractivity contribution in [3.63, 3.8) is 0 Å². The third kappa shape index (κ3) is 3.02. The summed E-state index contributed by atoms with van der Waals surface area (Å²) in [4.78, 5) is 27.4. The molecule has 2 N–H and O–H groups in total. The number of hydrogen-bond acceptors (Lipinski definition) is 9. The van der Waals surface area contributed by atoms with Gasteiger partial charge in [-0.15, -0.1) is 5.10 Å². The van der Waals surface area contributed by atoms with E-state index in [0.29, 0.717) is 5.56 Å². The van der Waals surface area contributed by atoms with E-state index in [-0.39, 0.29) is 36.4 Å². The maximum Gasteiger partial charge on any atom is 0.298 e. The van der Waals surface area contributed by atoms with Crippen LogP contribution < -0.4 is 5.56 Å². The number of nitro benzene ring substituents is 1. The van der Waals surface area contributed by atoms with E-state index in [1.165, 1.54) is 29.1 Å². The minimum Gasteiger partial charge on any atom is -0.394 e. The van der Waals surface area contributed by atoms with Crippen LogP contribution in [0.2, 0.25) is 0 Å². The lowest BCUT2D eigenvalue weighted by molar-refractivity contribution is -0.385. The van der Waals surface area contributed by atoms with Gasteiger partial charge in [0.15, 0.2) is 11.2 Å². The van der Waals surface area contributed by atoms with Gasteiger partial charge in [-0.3, -0.25) is 19.5 Å². The Kier molecular flexibility index (Phi) is 4.58. The number of nitro groups is 1. The van der Waals surface area contributed by atoms with Gasteiger partial charge in [0.05, 0.1) is 36.1 Å². The number of nitrogens with zero attached hydrogens (tertiary/aromatic N) is 6. The van der Waals surface area contributed by atoms with E-state index in [9.17, 15) is 25.1 Å². The summed E-state index contributed by atoms with van der Waals surface area (Å²) in [6, 6.07) is 6.06. The SMILES string of the molecule is O=c1c2ncn([C@H]3C[C@H](O)[C@@H](CO)O3)c2nnn1Cc1ccccc1[N+](=O)[O-]. The first-order chi connectivity index (χ1) is 13.5. The zero-order valence-electron chi connectivity index (χ0n) is 14.5. The summed E-state index contributed by atoms with van der Waals surface area (Å²) in [5.41, 5.74) is -0.168. The van der Waals surface area contributed by atoms with Gasteiger partial charge in [0, 0.05) is 12.5 Å². The number of benzene rings is 1. The Morgan fingerprint density at radius 2 is 2.14 bits per heavy atom. The molecule has 1 fully saturated rings. The third-order valence-corrected chi connectivity index (χ3v) is 4.65. The second-order valence-electron chi connectivity index (χ2n) is 6.38. The number of rotatable bonds is 5. The lowest BCUT2D eigenvalue weighted by Gasteiger charge is -2.13. The van der Waals surface area contributed by atoms with Crippen LogP contribution in [0.15, 0.2) is 35.4 Å². The summed E-state index contributed by atoms with van der Waals surface area (Å²) in [5, 5.41) is 38.1. The largest absolute Gasteiger partial charge is 0.394 e. The normalized spacial score (nSPS) is 22.0. The summed E-state index contributed by atoms with van der Waals surface area (Å²) in [7, 11) is 0. The van der Waals surface area contributed by atoms with Crippen molar-refractivity contribution < 1.29 is 19.9 Å². The Hall–Kier alpha value is -3.22. The zero-order chi connectivity index (χ0) is 19.8. The highest BCUT2D eigenvalue weighted by Gasteiger charge is 2.35. The molecule has 3 heterocycles. The number of ether oxygens (including phenoxy) is 1. The fourth-order valence-electron chi connectivity index (χ4n) is 3.21. The predicted octanol–water partition coefficient (Wildman–Crippen LogP) is -0.415. The summed E-state index contributed by atoms with van der Waals surface area (Å²) in [6.07, 6.45) is -0.657. The van der Waals surface area contributed by atoms with Crippen molar-refractivity contribution >= 4 is 16.9 Å². The smallest absolute Gasteiger partial charge is 0.298 e. The number of para-hydroxylation sites is 1. The number of imidazole rings is 1. The maximum absolute atomic E-state index is 12.7. The quantitative estimate of drug-likeness (QED) is 0.437. The summed E-state index contributed by atoms with van der Waals surface area (Å²) < 4.78 is 8.03. The van der Waals surface area contributed by atoms with E-state index in [4.69, 9.17) is 4.74 Å². The molecule has 2 aromatic heterocycles. The molecule has 1 aliphatic rings. The summed E-state index contributed by atoms with van der Waals surface area (Å²) >= 11 is 0. The van der Waals surface area contributed by atoms with Gasteiger partial charge in [0.2, 0.25) is 0 Å². The molecule has 12 heteroatoms. The van der Waals surface area contributed by atoms with Crippen molar-refractivity contribution in [2.24, 2.45) is 0 Å². The monoisotopic (exact) mass is 388 g/mol. The molecule has 0 spiro atoms. The number of hydrogen-bond donors (Lipinski definition) is 2. The first-order valence-electron chi connectivity index (χ1n) is 8.46. The van der Waals surface area contributed by atoms with Crippen molar-refractivity contribution in [1.29, 1.82) is 0 Å². The molecular formula is C16H16N6O6. The van der Waals surface area contributed by atoms with E-state index >= 15 is 0 Å². The first kappa shape index (κ1) is 18.2. The lowest BCUT2D eigenvalue weighted by Crippen LogP contribution is -2.26. The number of aliphatic hydroxyl groups is 2. The molecule has 146 valence electrons. The van der Waals surface area contributed by atoms with Crippen LogP contribution in [-0.4, -0.2) is 58.5 Å².